The fourth-order valence-electron chi connectivity index (χ4n) is 3.02. The van der Waals surface area contributed by atoms with Crippen molar-refractivity contribution in [3.05, 3.63) is 59.7 Å². The van der Waals surface area contributed by atoms with Crippen molar-refractivity contribution >= 4 is 20.2 Å². The van der Waals surface area contributed by atoms with E-state index in [4.69, 9.17) is 9.49 Å². The van der Waals surface area contributed by atoms with Crippen molar-refractivity contribution in [1.29, 1.82) is 0 Å². The first kappa shape index (κ1) is 23.3. The number of hydrogen-bond acceptors (Lipinski definition) is 7. The Balaban J connectivity index is 1.93. The van der Waals surface area contributed by atoms with Crippen LogP contribution in [0.1, 0.15) is 11.1 Å². The van der Waals surface area contributed by atoms with Crippen molar-refractivity contribution in [3.8, 4) is 5.75 Å². The summed E-state index contributed by atoms with van der Waals surface area (Å²) in [6, 6.07) is 15.3. The van der Waals surface area contributed by atoms with E-state index in [-0.39, 0.29) is 6.04 Å². The number of nitrogens with one attached hydrogen (secondary N) is 3. The number of aliphatic hydroxyl groups is 1. The minimum absolute atomic E-state index is 0.283. The number of rotatable bonds is 13. The van der Waals surface area contributed by atoms with E-state index in [2.05, 4.69) is 16.0 Å². The maximum Gasteiger partial charge on any atom is 0.406 e. The minimum atomic E-state index is -0.652. The summed E-state index contributed by atoms with van der Waals surface area (Å²) in [5, 5.41) is 26.5. The van der Waals surface area contributed by atoms with E-state index in [9.17, 15) is 10.1 Å². The van der Waals surface area contributed by atoms with Crippen LogP contribution in [0, 0.1) is 0 Å². The summed E-state index contributed by atoms with van der Waals surface area (Å²) < 4.78 is 10.6. The molecule has 2 aromatic rings. The van der Waals surface area contributed by atoms with Crippen molar-refractivity contribution in [1.82, 2.24) is 10.8 Å². The van der Waals surface area contributed by atoms with E-state index < -0.39 is 13.2 Å². The highest BCUT2D eigenvalue weighted by Crippen LogP contribution is 2.15. The SMILES string of the molecule is CBON[C@@H](Cc1cccc(NB(C)O)c1)[C@H](O)CNCc1cccc(OC)c1. The molecule has 0 aliphatic heterocycles. The molecule has 2 rings (SSSR count). The maximum atomic E-state index is 10.7. The monoisotopic (exact) mass is 399 g/mol. The largest absolute Gasteiger partial charge is 0.497 e. The zero-order chi connectivity index (χ0) is 21.1. The number of ether oxygens (including phenoxy) is 1. The molecule has 0 heterocycles. The first-order valence-corrected chi connectivity index (χ1v) is 9.94. The third-order valence-corrected chi connectivity index (χ3v) is 4.42. The van der Waals surface area contributed by atoms with Gasteiger partial charge in [0.25, 0.3) is 0 Å². The molecule has 0 spiro atoms. The van der Waals surface area contributed by atoms with Crippen LogP contribution in [-0.2, 0) is 17.7 Å². The maximum absolute atomic E-state index is 10.7. The van der Waals surface area contributed by atoms with Gasteiger partial charge in [-0.1, -0.05) is 31.1 Å². The second kappa shape index (κ2) is 12.5. The van der Waals surface area contributed by atoms with Crippen molar-refractivity contribution in [2.45, 2.75) is 38.8 Å². The molecule has 7 nitrogen and oxygen atoms in total. The smallest absolute Gasteiger partial charge is 0.406 e. The molecule has 0 fully saturated rings. The standard InChI is InChI=1S/C20H31B2N3O4/c1-21-29-25-19(12-15-6-4-8-17(10-15)24-22(2)27)20(26)14-23-13-16-7-5-9-18(11-16)28-3/h4-11,19-21,23-27H,12-14H2,1-3H3/t19-,20+/m0/s1. The van der Waals surface area contributed by atoms with E-state index in [1.807, 2.05) is 55.4 Å². The molecule has 0 bridgehead atoms. The average molecular weight is 399 g/mol. The summed E-state index contributed by atoms with van der Waals surface area (Å²) in [5.41, 5.74) is 5.91. The van der Waals surface area contributed by atoms with Crippen LogP contribution in [0.3, 0.4) is 0 Å². The molecule has 0 aromatic heterocycles. The highest BCUT2D eigenvalue weighted by atomic mass is 16.6. The number of anilines is 1. The van der Waals surface area contributed by atoms with Crippen LogP contribution in [0.4, 0.5) is 5.69 Å². The third kappa shape index (κ3) is 8.47. The molecule has 0 saturated carbocycles. The van der Waals surface area contributed by atoms with Gasteiger partial charge in [-0.3, -0.25) is 0 Å². The highest BCUT2D eigenvalue weighted by molar-refractivity contribution is 6.52. The number of hydrogen-bond donors (Lipinski definition) is 5. The average Bonchev–Trinajstić information content (AvgIpc) is 2.71. The van der Waals surface area contributed by atoms with Gasteiger partial charge in [0.15, 0.2) is 0 Å². The van der Waals surface area contributed by atoms with Crippen LogP contribution < -0.4 is 20.8 Å². The first-order valence-electron chi connectivity index (χ1n) is 9.94. The second-order valence-corrected chi connectivity index (χ2v) is 6.93. The van der Waals surface area contributed by atoms with E-state index >= 15 is 0 Å². The van der Waals surface area contributed by atoms with Crippen LogP contribution in [-0.4, -0.2) is 50.5 Å². The molecule has 9 heteroatoms. The van der Waals surface area contributed by atoms with Gasteiger partial charge >= 0.3 is 14.5 Å². The number of aliphatic hydroxyl groups excluding tert-OH is 1. The molecule has 0 saturated heterocycles. The number of benzene rings is 2. The van der Waals surface area contributed by atoms with Crippen molar-refractivity contribution in [2.24, 2.45) is 0 Å². The normalized spacial score (nSPS) is 12.9. The molecule has 0 aliphatic rings. The Kier molecular flexibility index (Phi) is 10.0. The van der Waals surface area contributed by atoms with Gasteiger partial charge in [-0.15, -0.1) is 0 Å². The van der Waals surface area contributed by atoms with Gasteiger partial charge in [-0.25, -0.2) is 5.48 Å². The van der Waals surface area contributed by atoms with Crippen LogP contribution in [0.5, 0.6) is 5.75 Å². The van der Waals surface area contributed by atoms with Crippen LogP contribution in [0.25, 0.3) is 0 Å². The van der Waals surface area contributed by atoms with Gasteiger partial charge in [0.1, 0.15) is 5.75 Å². The van der Waals surface area contributed by atoms with E-state index in [1.54, 1.807) is 13.9 Å². The molecule has 156 valence electrons. The molecule has 2 atom stereocenters. The highest BCUT2D eigenvalue weighted by Gasteiger charge is 2.20. The zero-order valence-electron chi connectivity index (χ0n) is 17.4. The molecular weight excluding hydrogens is 368 g/mol. The zero-order valence-corrected chi connectivity index (χ0v) is 17.4. The molecular formula is C20H31B2N3O4. The van der Waals surface area contributed by atoms with Gasteiger partial charge < -0.3 is 30.2 Å². The fraction of sp³-hybridized carbons (Fsp3) is 0.400. The predicted molar refractivity (Wildman–Crippen MR) is 119 cm³/mol. The molecule has 5 N–H and O–H groups in total. The van der Waals surface area contributed by atoms with Crippen molar-refractivity contribution < 1.29 is 19.6 Å². The Morgan fingerprint density at radius 3 is 2.62 bits per heavy atom. The summed E-state index contributed by atoms with van der Waals surface area (Å²) in [4.78, 5) is 0. The molecule has 0 aliphatic carbocycles. The van der Waals surface area contributed by atoms with E-state index in [0.717, 1.165) is 22.6 Å². The summed E-state index contributed by atoms with van der Waals surface area (Å²) in [5.74, 6) is 0.812. The van der Waals surface area contributed by atoms with Crippen molar-refractivity contribution in [2.75, 3.05) is 18.9 Å². The predicted octanol–water partition coefficient (Wildman–Crippen LogP) is 1.20. The topological polar surface area (TPSA) is 95.0 Å². The summed E-state index contributed by atoms with van der Waals surface area (Å²) in [6.07, 6.45) is -0.0716. The Labute approximate surface area is 174 Å². The lowest BCUT2D eigenvalue weighted by molar-refractivity contribution is 0.0573. The molecule has 0 radical (unpaired) electrons. The molecule has 0 unspecified atom stereocenters. The van der Waals surface area contributed by atoms with Crippen LogP contribution in [0.2, 0.25) is 13.6 Å². The minimum Gasteiger partial charge on any atom is -0.497 e. The lowest BCUT2D eigenvalue weighted by Gasteiger charge is -2.25. The van der Waals surface area contributed by atoms with E-state index in [0.29, 0.717) is 27.0 Å². The lowest BCUT2D eigenvalue weighted by Crippen LogP contribution is -2.46. The Bertz CT molecular complexity index is 736. The van der Waals surface area contributed by atoms with Gasteiger partial charge in [0, 0.05) is 18.8 Å². The molecule has 0 amide bonds. The molecule has 29 heavy (non-hydrogen) atoms. The summed E-state index contributed by atoms with van der Waals surface area (Å²) in [7, 11) is 1.52. The van der Waals surface area contributed by atoms with Crippen LogP contribution >= 0.6 is 0 Å². The van der Waals surface area contributed by atoms with Gasteiger partial charge in [-0.2, -0.15) is 0 Å². The second-order valence-electron chi connectivity index (χ2n) is 6.93. The summed E-state index contributed by atoms with van der Waals surface area (Å²) >= 11 is 0. The Morgan fingerprint density at radius 1 is 1.14 bits per heavy atom. The Morgan fingerprint density at radius 2 is 1.90 bits per heavy atom. The fourth-order valence-corrected chi connectivity index (χ4v) is 3.02. The lowest BCUT2D eigenvalue weighted by atomic mass is 9.88. The number of methoxy groups -OCH3 is 1. The number of hydroxylamine groups is 1. The Hall–Kier alpha value is -2.03. The summed E-state index contributed by atoms with van der Waals surface area (Å²) in [6.45, 7) is 4.60. The van der Waals surface area contributed by atoms with Gasteiger partial charge in [0.2, 0.25) is 0 Å². The third-order valence-electron chi connectivity index (χ3n) is 4.42. The molecule has 2 aromatic carbocycles. The quantitative estimate of drug-likeness (QED) is 0.255. The van der Waals surface area contributed by atoms with E-state index in [1.165, 1.54) is 0 Å². The van der Waals surface area contributed by atoms with Gasteiger partial charge in [0.05, 0.1) is 19.3 Å². The van der Waals surface area contributed by atoms with Crippen LogP contribution in [0.15, 0.2) is 48.5 Å². The first-order chi connectivity index (χ1) is 14.0. The van der Waals surface area contributed by atoms with Gasteiger partial charge in [-0.05, 0) is 48.6 Å². The van der Waals surface area contributed by atoms with Crippen molar-refractivity contribution in [3.63, 3.8) is 0 Å².